The molecular weight excluding hydrogens is 576 g/mol. The quantitative estimate of drug-likeness (QED) is 0.224. The molecule has 9 nitrogen and oxygen atoms in total. The molecule has 1 heterocycles. The van der Waals surface area contributed by atoms with Crippen molar-refractivity contribution in [2.75, 3.05) is 17.4 Å². The number of rotatable bonds is 10. The number of hydrogen-bond acceptors (Lipinski definition) is 6. The Kier molecular flexibility index (Phi) is 8.73. The van der Waals surface area contributed by atoms with Crippen LogP contribution in [0, 0.1) is 5.92 Å². The molecule has 5 aromatic rings. The van der Waals surface area contributed by atoms with E-state index in [1.54, 1.807) is 65.7 Å². The highest BCUT2D eigenvalue weighted by Gasteiger charge is 2.34. The molecule has 224 valence electrons. The van der Waals surface area contributed by atoms with Crippen molar-refractivity contribution < 1.29 is 22.8 Å². The maximum absolute atomic E-state index is 14.3. The summed E-state index contributed by atoms with van der Waals surface area (Å²) in [6.07, 6.45) is 1.58. The average molecular weight is 609 g/mol. The normalized spacial score (nSPS) is 12.1. The summed E-state index contributed by atoms with van der Waals surface area (Å²) in [6, 6.07) is 26.8. The third-order valence-electron chi connectivity index (χ3n) is 7.63. The molecule has 0 aliphatic rings. The molecule has 0 bridgehead atoms. The molecule has 1 atom stereocenters. The SMILES string of the molecule is CCN(CC)C(=O)C(Cc1ccc(N(C(=O)c2cccc3cccnc23)S(=O)(=O)c2ccc3ccccc3c2)cc1)C(N)=O. The highest BCUT2D eigenvalue weighted by Crippen LogP contribution is 2.30. The summed E-state index contributed by atoms with van der Waals surface area (Å²) < 4.78 is 29.3. The minimum absolute atomic E-state index is 0.0313. The number of sulfonamides is 1. The largest absolute Gasteiger partial charge is 0.369 e. The molecule has 0 radical (unpaired) electrons. The Morgan fingerprint density at radius 1 is 0.795 bits per heavy atom. The molecule has 10 heteroatoms. The van der Waals surface area contributed by atoms with Crippen LogP contribution in [-0.2, 0) is 26.0 Å². The fourth-order valence-electron chi connectivity index (χ4n) is 5.25. The first-order valence-electron chi connectivity index (χ1n) is 14.2. The number of nitrogens with two attached hydrogens (primary N) is 1. The Morgan fingerprint density at radius 3 is 2.14 bits per heavy atom. The molecule has 0 saturated carbocycles. The van der Waals surface area contributed by atoms with Gasteiger partial charge in [0.1, 0.15) is 5.92 Å². The van der Waals surface area contributed by atoms with Crippen molar-refractivity contribution in [1.29, 1.82) is 0 Å². The molecule has 0 fully saturated rings. The first kappa shape index (κ1) is 30.4. The molecule has 0 aliphatic heterocycles. The summed E-state index contributed by atoms with van der Waals surface area (Å²) in [7, 11) is -4.42. The number of carbonyl (C=O) groups excluding carboxylic acids is 3. The van der Waals surface area contributed by atoms with E-state index in [4.69, 9.17) is 5.73 Å². The van der Waals surface area contributed by atoms with E-state index in [2.05, 4.69) is 4.98 Å². The zero-order chi connectivity index (χ0) is 31.4. The Bertz CT molecular complexity index is 1970. The first-order chi connectivity index (χ1) is 21.1. The van der Waals surface area contributed by atoms with E-state index >= 15 is 0 Å². The smallest absolute Gasteiger partial charge is 0.274 e. The van der Waals surface area contributed by atoms with Crippen LogP contribution in [0.15, 0.2) is 108 Å². The predicted octanol–water partition coefficient (Wildman–Crippen LogP) is 4.94. The van der Waals surface area contributed by atoms with Crippen LogP contribution < -0.4 is 10.0 Å². The van der Waals surface area contributed by atoms with E-state index < -0.39 is 27.8 Å². The number of primary amides is 1. The van der Waals surface area contributed by atoms with E-state index in [9.17, 15) is 22.8 Å². The summed E-state index contributed by atoms with van der Waals surface area (Å²) in [5.41, 5.74) is 6.76. The summed E-state index contributed by atoms with van der Waals surface area (Å²) in [5, 5.41) is 2.25. The van der Waals surface area contributed by atoms with Gasteiger partial charge in [-0.25, -0.2) is 8.42 Å². The van der Waals surface area contributed by atoms with Gasteiger partial charge in [-0.05, 0) is 73.0 Å². The van der Waals surface area contributed by atoms with Gasteiger partial charge in [-0.2, -0.15) is 4.31 Å². The summed E-state index contributed by atoms with van der Waals surface area (Å²) in [4.78, 5) is 45.2. The summed E-state index contributed by atoms with van der Waals surface area (Å²) in [5.74, 6) is -2.97. The lowest BCUT2D eigenvalue weighted by molar-refractivity contribution is -0.140. The third kappa shape index (κ3) is 5.89. The zero-order valence-electron chi connectivity index (χ0n) is 24.4. The van der Waals surface area contributed by atoms with E-state index in [0.29, 0.717) is 34.9 Å². The maximum atomic E-state index is 14.3. The van der Waals surface area contributed by atoms with Gasteiger partial charge < -0.3 is 10.6 Å². The minimum Gasteiger partial charge on any atom is -0.369 e. The van der Waals surface area contributed by atoms with Crippen molar-refractivity contribution in [2.24, 2.45) is 11.7 Å². The van der Waals surface area contributed by atoms with Gasteiger partial charge in [0.15, 0.2) is 0 Å². The molecule has 2 N–H and O–H groups in total. The summed E-state index contributed by atoms with van der Waals surface area (Å²) in [6.45, 7) is 4.51. The van der Waals surface area contributed by atoms with E-state index in [0.717, 1.165) is 9.69 Å². The minimum atomic E-state index is -4.42. The van der Waals surface area contributed by atoms with E-state index in [1.165, 1.54) is 24.3 Å². The van der Waals surface area contributed by atoms with E-state index in [-0.39, 0.29) is 28.5 Å². The van der Waals surface area contributed by atoms with Gasteiger partial charge in [-0.15, -0.1) is 0 Å². The predicted molar refractivity (Wildman–Crippen MR) is 170 cm³/mol. The lowest BCUT2D eigenvalue weighted by atomic mass is 9.97. The van der Waals surface area contributed by atoms with Crippen molar-refractivity contribution in [3.8, 4) is 0 Å². The summed E-state index contributed by atoms with van der Waals surface area (Å²) >= 11 is 0. The molecule has 0 saturated heterocycles. The van der Waals surface area contributed by atoms with Gasteiger partial charge in [0.2, 0.25) is 11.8 Å². The number of aromatic nitrogens is 1. The van der Waals surface area contributed by atoms with Gasteiger partial charge in [-0.1, -0.05) is 60.7 Å². The number of nitrogens with zero attached hydrogens (tertiary/aromatic N) is 3. The fraction of sp³-hybridized carbons (Fsp3) is 0.176. The first-order valence-corrected chi connectivity index (χ1v) is 15.7. The topological polar surface area (TPSA) is 131 Å². The zero-order valence-corrected chi connectivity index (χ0v) is 25.2. The lowest BCUT2D eigenvalue weighted by Gasteiger charge is -2.25. The second-order valence-electron chi connectivity index (χ2n) is 10.3. The van der Waals surface area contributed by atoms with Gasteiger partial charge in [0, 0.05) is 24.7 Å². The van der Waals surface area contributed by atoms with E-state index in [1.807, 2.05) is 32.0 Å². The van der Waals surface area contributed by atoms with Crippen LogP contribution in [0.4, 0.5) is 5.69 Å². The van der Waals surface area contributed by atoms with Crippen molar-refractivity contribution >= 4 is 55.1 Å². The monoisotopic (exact) mass is 608 g/mol. The number of carbonyl (C=O) groups is 3. The van der Waals surface area contributed by atoms with Crippen LogP contribution in [0.1, 0.15) is 29.8 Å². The number of anilines is 1. The number of fused-ring (bicyclic) bond motifs is 2. The van der Waals surface area contributed by atoms with Crippen LogP contribution in [0.3, 0.4) is 0 Å². The molecule has 0 aliphatic carbocycles. The molecule has 0 spiro atoms. The maximum Gasteiger partial charge on any atom is 0.274 e. The lowest BCUT2D eigenvalue weighted by Crippen LogP contribution is -2.42. The van der Waals surface area contributed by atoms with Gasteiger partial charge in [0.25, 0.3) is 15.9 Å². The van der Waals surface area contributed by atoms with Crippen LogP contribution in [0.25, 0.3) is 21.7 Å². The van der Waals surface area contributed by atoms with Crippen molar-refractivity contribution in [1.82, 2.24) is 9.88 Å². The number of pyridine rings is 1. The van der Waals surface area contributed by atoms with Gasteiger partial charge in [0.05, 0.1) is 21.7 Å². The van der Waals surface area contributed by atoms with Crippen molar-refractivity contribution in [3.63, 3.8) is 0 Å². The Balaban J connectivity index is 1.58. The molecule has 3 amide bonds. The van der Waals surface area contributed by atoms with Crippen LogP contribution in [0.2, 0.25) is 0 Å². The highest BCUT2D eigenvalue weighted by molar-refractivity contribution is 7.93. The molecule has 44 heavy (non-hydrogen) atoms. The Labute approximate surface area is 256 Å². The van der Waals surface area contributed by atoms with Gasteiger partial charge >= 0.3 is 0 Å². The number of para-hydroxylation sites is 1. The molecule has 4 aromatic carbocycles. The van der Waals surface area contributed by atoms with Crippen LogP contribution >= 0.6 is 0 Å². The Hall–Kier alpha value is -5.09. The van der Waals surface area contributed by atoms with Crippen LogP contribution in [-0.4, -0.2) is 49.1 Å². The second-order valence-corrected chi connectivity index (χ2v) is 12.1. The number of benzene rings is 4. The Morgan fingerprint density at radius 2 is 1.45 bits per heavy atom. The highest BCUT2D eigenvalue weighted by atomic mass is 32.2. The number of amides is 3. The molecule has 5 rings (SSSR count). The van der Waals surface area contributed by atoms with Crippen LogP contribution in [0.5, 0.6) is 0 Å². The van der Waals surface area contributed by atoms with Gasteiger partial charge in [-0.3, -0.25) is 19.4 Å². The number of hydrogen-bond donors (Lipinski definition) is 1. The fourth-order valence-corrected chi connectivity index (χ4v) is 6.70. The standard InChI is InChI=1S/C34H32N4O5S/c1-3-37(4-2)33(40)30(32(35)39)21-23-14-17-27(18-15-23)38(34(41)29-13-7-11-25-12-8-20-36-31(25)29)44(42,43)28-19-16-24-9-5-6-10-26(24)22-28/h5-20,22,30H,3-4,21H2,1-2H3,(H2,35,39). The molecule has 1 unspecified atom stereocenters. The average Bonchev–Trinajstić information content (AvgIpc) is 3.04. The third-order valence-corrected chi connectivity index (χ3v) is 9.34. The van der Waals surface area contributed by atoms with Crippen molar-refractivity contribution in [2.45, 2.75) is 25.2 Å². The molecule has 1 aromatic heterocycles. The molecular formula is C34H32N4O5S. The second kappa shape index (κ2) is 12.6. The van der Waals surface area contributed by atoms with Crippen molar-refractivity contribution in [3.05, 3.63) is 114 Å².